The van der Waals surface area contributed by atoms with Crippen LogP contribution >= 0.6 is 0 Å². The summed E-state index contributed by atoms with van der Waals surface area (Å²) in [5.74, 6) is 1.21. The summed E-state index contributed by atoms with van der Waals surface area (Å²) in [6, 6.07) is 13.9. The Labute approximate surface area is 185 Å². The van der Waals surface area contributed by atoms with E-state index in [9.17, 15) is 4.79 Å². The van der Waals surface area contributed by atoms with E-state index in [1.54, 1.807) is 19.3 Å². The number of anilines is 1. The second-order valence-electron chi connectivity index (χ2n) is 8.05. The van der Waals surface area contributed by atoms with Crippen molar-refractivity contribution in [1.29, 1.82) is 0 Å². The smallest absolute Gasteiger partial charge is 0.244 e. The molecule has 0 aromatic heterocycles. The summed E-state index contributed by atoms with van der Waals surface area (Å²) in [5, 5.41) is 3.00. The van der Waals surface area contributed by atoms with E-state index in [4.69, 9.17) is 9.47 Å². The van der Waals surface area contributed by atoms with Crippen molar-refractivity contribution in [3.63, 3.8) is 0 Å². The molecule has 0 aliphatic carbocycles. The summed E-state index contributed by atoms with van der Waals surface area (Å²) in [4.78, 5) is 17.1. The van der Waals surface area contributed by atoms with Gasteiger partial charge >= 0.3 is 0 Å². The quantitative estimate of drug-likeness (QED) is 0.658. The van der Waals surface area contributed by atoms with Gasteiger partial charge in [-0.25, -0.2) is 0 Å². The number of hydrogen-bond acceptors (Lipinski definition) is 5. The molecule has 166 valence electrons. The van der Waals surface area contributed by atoms with Gasteiger partial charge in [-0.05, 0) is 56.3 Å². The van der Waals surface area contributed by atoms with E-state index in [2.05, 4.69) is 40.4 Å². The number of carbonyl (C=O) groups is 1. The van der Waals surface area contributed by atoms with Gasteiger partial charge in [-0.15, -0.1) is 0 Å². The predicted octanol–water partition coefficient (Wildman–Crippen LogP) is 3.56. The molecule has 6 heteroatoms. The molecule has 6 nitrogen and oxygen atoms in total. The summed E-state index contributed by atoms with van der Waals surface area (Å²) in [6.07, 6.45) is 3.40. The number of rotatable bonds is 8. The lowest BCUT2D eigenvalue weighted by atomic mass is 10.1. The Kier molecular flexibility index (Phi) is 7.95. The van der Waals surface area contributed by atoms with Crippen molar-refractivity contribution < 1.29 is 14.3 Å². The van der Waals surface area contributed by atoms with Crippen LogP contribution in [0.25, 0.3) is 6.08 Å². The number of piperazine rings is 1. The minimum Gasteiger partial charge on any atom is -0.493 e. The van der Waals surface area contributed by atoms with Gasteiger partial charge in [0.1, 0.15) is 0 Å². The maximum absolute atomic E-state index is 12.4. The molecular weight excluding hydrogens is 390 g/mol. The zero-order chi connectivity index (χ0) is 22.2. The van der Waals surface area contributed by atoms with Crippen molar-refractivity contribution in [2.45, 2.75) is 26.5 Å². The van der Waals surface area contributed by atoms with Gasteiger partial charge in [0, 0.05) is 44.5 Å². The first kappa shape index (κ1) is 22.7. The van der Waals surface area contributed by atoms with Crippen LogP contribution in [0, 0.1) is 0 Å². The molecule has 0 atom stereocenters. The average Bonchev–Trinajstić information content (AvgIpc) is 2.77. The number of para-hydroxylation sites is 1. The summed E-state index contributed by atoms with van der Waals surface area (Å²) in [7, 11) is 3.76. The first-order valence-electron chi connectivity index (χ1n) is 10.8. The summed E-state index contributed by atoms with van der Waals surface area (Å²) in [5.41, 5.74) is 3.21. The van der Waals surface area contributed by atoms with Crippen LogP contribution in [-0.2, 0) is 11.3 Å². The standard InChI is InChI=1S/C25H33N3O3/c1-19(2)31-23-11-9-20(17-24(23)30-4)10-12-25(29)26-18-21-7-5-6-8-22(21)28-15-13-27(3)14-16-28/h5-12,17,19H,13-16,18H2,1-4H3,(H,26,29)/b12-10+. The molecule has 1 aliphatic heterocycles. The lowest BCUT2D eigenvalue weighted by Gasteiger charge is -2.35. The maximum Gasteiger partial charge on any atom is 0.244 e. The molecule has 0 radical (unpaired) electrons. The molecule has 2 aromatic rings. The Morgan fingerprint density at radius 1 is 1.10 bits per heavy atom. The van der Waals surface area contributed by atoms with Crippen molar-refractivity contribution in [3.8, 4) is 11.5 Å². The summed E-state index contributed by atoms with van der Waals surface area (Å²) >= 11 is 0. The van der Waals surface area contributed by atoms with E-state index in [1.165, 1.54) is 5.69 Å². The lowest BCUT2D eigenvalue weighted by molar-refractivity contribution is -0.116. The van der Waals surface area contributed by atoms with Crippen LogP contribution in [0.3, 0.4) is 0 Å². The number of carbonyl (C=O) groups excluding carboxylic acids is 1. The fraction of sp³-hybridized carbons (Fsp3) is 0.400. The first-order chi connectivity index (χ1) is 15.0. The summed E-state index contributed by atoms with van der Waals surface area (Å²) < 4.78 is 11.1. The number of methoxy groups -OCH3 is 1. The molecule has 1 aliphatic rings. The molecule has 0 saturated carbocycles. The SMILES string of the molecule is COc1cc(/C=C/C(=O)NCc2ccccc2N2CCN(C)CC2)ccc1OC(C)C. The largest absolute Gasteiger partial charge is 0.493 e. The van der Waals surface area contributed by atoms with Crippen molar-refractivity contribution in [2.24, 2.45) is 0 Å². The predicted molar refractivity (Wildman–Crippen MR) is 126 cm³/mol. The lowest BCUT2D eigenvalue weighted by Crippen LogP contribution is -2.45. The first-order valence-corrected chi connectivity index (χ1v) is 10.8. The molecule has 1 fully saturated rings. The van der Waals surface area contributed by atoms with E-state index in [1.807, 2.05) is 38.1 Å². The highest BCUT2D eigenvalue weighted by Gasteiger charge is 2.16. The van der Waals surface area contributed by atoms with Crippen LogP contribution in [0.15, 0.2) is 48.5 Å². The minimum absolute atomic E-state index is 0.0646. The highest BCUT2D eigenvalue weighted by molar-refractivity contribution is 5.91. The van der Waals surface area contributed by atoms with Crippen LogP contribution in [-0.4, -0.2) is 57.2 Å². The molecule has 1 saturated heterocycles. The number of amides is 1. The molecule has 1 heterocycles. The van der Waals surface area contributed by atoms with Crippen LogP contribution in [0.1, 0.15) is 25.0 Å². The van der Waals surface area contributed by atoms with E-state index >= 15 is 0 Å². The highest BCUT2D eigenvalue weighted by Crippen LogP contribution is 2.29. The number of benzene rings is 2. The van der Waals surface area contributed by atoms with Crippen molar-refractivity contribution >= 4 is 17.7 Å². The normalized spacial score (nSPS) is 14.8. The maximum atomic E-state index is 12.4. The number of nitrogens with one attached hydrogen (secondary N) is 1. The Morgan fingerprint density at radius 2 is 1.84 bits per heavy atom. The van der Waals surface area contributed by atoms with Gasteiger partial charge in [0.25, 0.3) is 0 Å². The van der Waals surface area contributed by atoms with Gasteiger partial charge < -0.3 is 24.6 Å². The van der Waals surface area contributed by atoms with Crippen LogP contribution in [0.5, 0.6) is 11.5 Å². The second-order valence-corrected chi connectivity index (χ2v) is 8.05. The van der Waals surface area contributed by atoms with E-state index in [-0.39, 0.29) is 12.0 Å². The Hall–Kier alpha value is -2.99. The minimum atomic E-state index is -0.130. The second kappa shape index (κ2) is 10.9. The van der Waals surface area contributed by atoms with Crippen molar-refractivity contribution in [1.82, 2.24) is 10.2 Å². The molecule has 3 rings (SSSR count). The Morgan fingerprint density at radius 3 is 2.55 bits per heavy atom. The van der Waals surface area contributed by atoms with Gasteiger partial charge in [-0.2, -0.15) is 0 Å². The number of likely N-dealkylation sites (N-methyl/N-ethyl adjacent to an activating group) is 1. The average molecular weight is 424 g/mol. The van der Waals surface area contributed by atoms with E-state index in [0.29, 0.717) is 18.0 Å². The molecule has 1 amide bonds. The molecule has 2 aromatic carbocycles. The number of nitrogens with zero attached hydrogens (tertiary/aromatic N) is 2. The zero-order valence-electron chi connectivity index (χ0n) is 18.9. The van der Waals surface area contributed by atoms with Crippen molar-refractivity contribution in [3.05, 3.63) is 59.7 Å². The van der Waals surface area contributed by atoms with Gasteiger partial charge in [0.05, 0.1) is 13.2 Å². The highest BCUT2D eigenvalue weighted by atomic mass is 16.5. The van der Waals surface area contributed by atoms with Gasteiger partial charge in [0.15, 0.2) is 11.5 Å². The van der Waals surface area contributed by atoms with E-state index in [0.717, 1.165) is 37.3 Å². The van der Waals surface area contributed by atoms with Crippen LogP contribution in [0.2, 0.25) is 0 Å². The summed E-state index contributed by atoms with van der Waals surface area (Å²) in [6.45, 7) is 8.54. The monoisotopic (exact) mass is 423 g/mol. The third kappa shape index (κ3) is 6.49. The number of ether oxygens (including phenoxy) is 2. The van der Waals surface area contributed by atoms with E-state index < -0.39 is 0 Å². The molecule has 0 unspecified atom stereocenters. The molecule has 1 N–H and O–H groups in total. The zero-order valence-corrected chi connectivity index (χ0v) is 18.9. The molecule has 0 spiro atoms. The Balaban J connectivity index is 1.60. The topological polar surface area (TPSA) is 54.0 Å². The fourth-order valence-electron chi connectivity index (χ4n) is 3.57. The number of hydrogen-bond donors (Lipinski definition) is 1. The third-order valence-electron chi connectivity index (χ3n) is 5.27. The molecule has 31 heavy (non-hydrogen) atoms. The third-order valence-corrected chi connectivity index (χ3v) is 5.27. The van der Waals surface area contributed by atoms with Crippen molar-refractivity contribution in [2.75, 3.05) is 45.2 Å². The van der Waals surface area contributed by atoms with Crippen LogP contribution < -0.4 is 19.7 Å². The Bertz CT molecular complexity index is 903. The fourth-order valence-corrected chi connectivity index (χ4v) is 3.57. The molecular formula is C25H33N3O3. The van der Waals surface area contributed by atoms with Gasteiger partial charge in [-0.3, -0.25) is 4.79 Å². The van der Waals surface area contributed by atoms with Crippen LogP contribution in [0.4, 0.5) is 5.69 Å². The molecule has 0 bridgehead atoms. The van der Waals surface area contributed by atoms with Gasteiger partial charge in [-0.1, -0.05) is 24.3 Å². The van der Waals surface area contributed by atoms with Gasteiger partial charge in [0.2, 0.25) is 5.91 Å².